The highest BCUT2D eigenvalue weighted by Gasteiger charge is 2.27. The third-order valence-electron chi connectivity index (χ3n) is 3.74. The summed E-state index contributed by atoms with van der Waals surface area (Å²) < 4.78 is 6.60. The van der Waals surface area contributed by atoms with Gasteiger partial charge in [0.2, 0.25) is 11.5 Å². The number of halogens is 2. The molecule has 0 saturated heterocycles. The molecule has 2 aromatic carbocycles. The van der Waals surface area contributed by atoms with E-state index >= 15 is 0 Å². The van der Waals surface area contributed by atoms with Crippen LogP contribution >= 0.6 is 23.2 Å². The first-order valence-electron chi connectivity index (χ1n) is 7.37. The highest BCUT2D eigenvalue weighted by Crippen LogP contribution is 2.27. The van der Waals surface area contributed by atoms with Gasteiger partial charge in [0.25, 0.3) is 0 Å². The summed E-state index contributed by atoms with van der Waals surface area (Å²) in [5.41, 5.74) is 8.77. The zero-order chi connectivity index (χ0) is 17.4. The van der Waals surface area contributed by atoms with Gasteiger partial charge in [-0.3, -0.25) is 0 Å². The number of nitrogens with one attached hydrogen (secondary N) is 1. The number of nitrogens with two attached hydrogens (primary N) is 1. The van der Waals surface area contributed by atoms with Gasteiger partial charge in [-0.05, 0) is 34.6 Å². The minimum atomic E-state index is 0.181. The van der Waals surface area contributed by atoms with E-state index in [9.17, 15) is 0 Å². The largest absolute Gasteiger partial charge is 0.379 e. The predicted molar refractivity (Wildman–Crippen MR) is 95.5 cm³/mol. The van der Waals surface area contributed by atoms with Gasteiger partial charge in [-0.15, -0.1) is 0 Å². The van der Waals surface area contributed by atoms with Crippen LogP contribution in [0.1, 0.15) is 0 Å². The minimum absolute atomic E-state index is 0.181. The number of nitrogens with zero attached hydrogens (tertiary/aromatic N) is 3. The van der Waals surface area contributed by atoms with Crippen molar-refractivity contribution in [2.45, 2.75) is 0 Å². The molecule has 4 aromatic rings. The minimum Gasteiger partial charge on any atom is -0.379 e. The molecule has 0 amide bonds. The van der Waals surface area contributed by atoms with Gasteiger partial charge in [0.05, 0.1) is 5.02 Å². The zero-order valence-corrected chi connectivity index (χ0v) is 14.3. The molecule has 0 bridgehead atoms. The summed E-state index contributed by atoms with van der Waals surface area (Å²) >= 11 is 12.5. The quantitative estimate of drug-likeness (QED) is 0.534. The number of anilines is 1. The second-order valence-electron chi connectivity index (χ2n) is 5.35. The number of hydrogen-bond donors (Lipinski definition) is 2. The van der Waals surface area contributed by atoms with E-state index in [2.05, 4.69) is 15.3 Å². The Balaban J connectivity index is 1.96. The van der Waals surface area contributed by atoms with Crippen molar-refractivity contribution in [1.29, 1.82) is 0 Å². The monoisotopic (exact) mass is 372 g/mol. The van der Waals surface area contributed by atoms with E-state index in [1.54, 1.807) is 0 Å². The summed E-state index contributed by atoms with van der Waals surface area (Å²) in [7, 11) is 0. The Morgan fingerprint density at radius 2 is 1.88 bits per heavy atom. The lowest BCUT2D eigenvalue weighted by Gasteiger charge is -2.00. The number of rotatable bonds is 3. The summed E-state index contributed by atoms with van der Waals surface area (Å²) in [6, 6.07) is 15.0. The van der Waals surface area contributed by atoms with E-state index in [0.29, 0.717) is 21.6 Å². The molecular formula is C17H12Cl2N5O+. The molecule has 6 nitrogen and oxygen atoms in total. The van der Waals surface area contributed by atoms with E-state index in [-0.39, 0.29) is 5.82 Å². The van der Waals surface area contributed by atoms with Crippen molar-refractivity contribution in [3.63, 3.8) is 0 Å². The van der Waals surface area contributed by atoms with Gasteiger partial charge >= 0.3 is 5.82 Å². The van der Waals surface area contributed by atoms with Crippen LogP contribution in [0, 0.1) is 0 Å². The van der Waals surface area contributed by atoms with Crippen LogP contribution in [0.15, 0.2) is 59.4 Å². The van der Waals surface area contributed by atoms with E-state index < -0.39 is 0 Å². The SMILES string of the molecule is Nc1nonc1-c1[nH]c(-c2cccc(Cl)c2)c[n+]1-c1ccccc1Cl. The summed E-state index contributed by atoms with van der Waals surface area (Å²) in [6.45, 7) is 0. The molecule has 2 heterocycles. The molecule has 0 saturated carbocycles. The first-order chi connectivity index (χ1) is 12.1. The Morgan fingerprint density at radius 1 is 1.04 bits per heavy atom. The number of para-hydroxylation sites is 1. The highest BCUT2D eigenvalue weighted by atomic mass is 35.5. The molecule has 8 heteroatoms. The van der Waals surface area contributed by atoms with Crippen molar-refractivity contribution in [3.8, 4) is 28.5 Å². The lowest BCUT2D eigenvalue weighted by molar-refractivity contribution is -0.582. The molecule has 0 unspecified atom stereocenters. The van der Waals surface area contributed by atoms with Gasteiger partial charge in [0.1, 0.15) is 6.20 Å². The molecule has 0 spiro atoms. The Kier molecular flexibility index (Phi) is 3.91. The van der Waals surface area contributed by atoms with E-state index in [0.717, 1.165) is 16.9 Å². The fraction of sp³-hybridized carbons (Fsp3) is 0. The molecule has 25 heavy (non-hydrogen) atoms. The van der Waals surface area contributed by atoms with Crippen molar-refractivity contribution >= 4 is 29.0 Å². The molecule has 0 aliphatic heterocycles. The number of H-pyrrole nitrogens is 1. The molecule has 0 atom stereocenters. The van der Waals surface area contributed by atoms with Crippen LogP contribution in [-0.4, -0.2) is 15.3 Å². The van der Waals surface area contributed by atoms with Gasteiger partial charge in [-0.2, -0.15) is 4.57 Å². The molecule has 3 N–H and O–H groups in total. The average Bonchev–Trinajstić information content (AvgIpc) is 3.21. The number of hydrogen-bond acceptors (Lipinski definition) is 4. The lowest BCUT2D eigenvalue weighted by atomic mass is 10.2. The van der Waals surface area contributed by atoms with Gasteiger partial charge in [0, 0.05) is 10.6 Å². The van der Waals surface area contributed by atoms with Crippen LogP contribution in [-0.2, 0) is 0 Å². The van der Waals surface area contributed by atoms with Crippen molar-refractivity contribution < 1.29 is 9.20 Å². The molecule has 124 valence electrons. The Hall–Kier alpha value is -2.83. The smallest absolute Gasteiger partial charge is 0.318 e. The first-order valence-corrected chi connectivity index (χ1v) is 8.13. The third-order valence-corrected chi connectivity index (χ3v) is 4.29. The average molecular weight is 373 g/mol. The lowest BCUT2D eigenvalue weighted by Crippen LogP contribution is -2.31. The number of benzene rings is 2. The molecule has 0 aliphatic rings. The van der Waals surface area contributed by atoms with Gasteiger partial charge in [-0.1, -0.05) is 47.5 Å². The van der Waals surface area contributed by atoms with Gasteiger partial charge in [-0.25, -0.2) is 9.61 Å². The maximum atomic E-state index is 6.37. The third kappa shape index (κ3) is 2.86. The number of nitrogen functional groups attached to an aromatic ring is 1. The highest BCUT2D eigenvalue weighted by molar-refractivity contribution is 6.32. The van der Waals surface area contributed by atoms with Gasteiger partial charge < -0.3 is 5.73 Å². The fourth-order valence-corrected chi connectivity index (χ4v) is 3.00. The van der Waals surface area contributed by atoms with E-state index in [1.807, 2.05) is 59.3 Å². The summed E-state index contributed by atoms with van der Waals surface area (Å²) in [5.74, 6) is 0.780. The summed E-state index contributed by atoms with van der Waals surface area (Å²) in [4.78, 5) is 3.30. The maximum Gasteiger partial charge on any atom is 0.318 e. The second-order valence-corrected chi connectivity index (χ2v) is 6.19. The van der Waals surface area contributed by atoms with Crippen molar-refractivity contribution in [2.24, 2.45) is 0 Å². The van der Waals surface area contributed by atoms with Crippen molar-refractivity contribution in [2.75, 3.05) is 5.73 Å². The summed E-state index contributed by atoms with van der Waals surface area (Å²) in [5, 5.41) is 8.77. The number of aromatic amines is 1. The van der Waals surface area contributed by atoms with E-state index in [1.165, 1.54) is 0 Å². The Bertz CT molecular complexity index is 1060. The Labute approximate surface area is 152 Å². The number of aromatic nitrogens is 4. The number of imidazole rings is 1. The van der Waals surface area contributed by atoms with Crippen LogP contribution in [0.5, 0.6) is 0 Å². The molecule has 2 aromatic heterocycles. The van der Waals surface area contributed by atoms with Crippen LogP contribution in [0.3, 0.4) is 0 Å². The predicted octanol–water partition coefficient (Wildman–Crippen LogP) is 3.90. The normalized spacial score (nSPS) is 11.0. The second kappa shape index (κ2) is 6.23. The zero-order valence-electron chi connectivity index (χ0n) is 12.8. The molecule has 0 fully saturated rings. The Morgan fingerprint density at radius 3 is 2.60 bits per heavy atom. The van der Waals surface area contributed by atoms with Crippen LogP contribution in [0.2, 0.25) is 10.0 Å². The standard InChI is InChI=1S/C17H11Cl2N5O/c18-11-5-3-4-10(8-11)13-9-24(14-7-2-1-6-12(14)19)17(21-13)15-16(20)23-25-22-15/h1-9H,(H2,20,23)/p+1. The fourth-order valence-electron chi connectivity index (χ4n) is 2.59. The molecular weight excluding hydrogens is 361 g/mol. The van der Waals surface area contributed by atoms with E-state index in [4.69, 9.17) is 33.6 Å². The topological polar surface area (TPSA) is 84.6 Å². The van der Waals surface area contributed by atoms with Crippen LogP contribution < -0.4 is 10.3 Å². The van der Waals surface area contributed by atoms with Gasteiger partial charge in [0.15, 0.2) is 11.4 Å². The van der Waals surface area contributed by atoms with Crippen molar-refractivity contribution in [3.05, 3.63) is 64.8 Å². The van der Waals surface area contributed by atoms with Crippen LogP contribution in [0.4, 0.5) is 5.82 Å². The first kappa shape index (κ1) is 15.7. The molecule has 0 radical (unpaired) electrons. The summed E-state index contributed by atoms with van der Waals surface area (Å²) in [6.07, 6.45) is 1.90. The maximum absolute atomic E-state index is 6.37. The van der Waals surface area contributed by atoms with Crippen molar-refractivity contribution in [1.82, 2.24) is 15.3 Å². The van der Waals surface area contributed by atoms with Crippen LogP contribution in [0.25, 0.3) is 28.5 Å². The molecule has 0 aliphatic carbocycles. The molecule has 4 rings (SSSR count).